The molecule has 0 radical (unpaired) electrons. The van der Waals surface area contributed by atoms with Gasteiger partial charge in [-0.1, -0.05) is 12.8 Å². The fourth-order valence-electron chi connectivity index (χ4n) is 3.62. The number of nitrogen functional groups attached to an aromatic ring is 1. The molecule has 3 N–H and O–H groups in total. The fraction of sp³-hybridized carbons (Fsp3) is 0.625. The van der Waals surface area contributed by atoms with E-state index in [0.717, 1.165) is 24.8 Å². The van der Waals surface area contributed by atoms with Gasteiger partial charge >= 0.3 is 5.97 Å². The molecule has 2 heterocycles. The lowest BCUT2D eigenvalue weighted by atomic mass is 9.74. The third kappa shape index (κ3) is 2.68. The molecule has 1 aliphatic heterocycles. The molecule has 6 heteroatoms. The number of fused-ring (bicyclic) bond motifs is 1. The number of pyridine rings is 1. The SMILES string of the molecule is CC(=O)O[C@H]1C[C@@H](c2ccncc2N)O[C@H]2CCCC[C@@]12O. The van der Waals surface area contributed by atoms with Gasteiger partial charge in [-0.15, -0.1) is 0 Å². The number of aromatic nitrogens is 1. The number of carbonyl (C=O) groups excluding carboxylic acids is 1. The second kappa shape index (κ2) is 5.85. The molecule has 1 aromatic rings. The molecule has 2 aliphatic rings. The molecule has 0 bridgehead atoms. The average Bonchev–Trinajstić information content (AvgIpc) is 2.48. The molecule has 1 aromatic heterocycles. The number of rotatable bonds is 2. The number of hydrogen-bond donors (Lipinski definition) is 2. The van der Waals surface area contributed by atoms with Crippen molar-refractivity contribution in [3.05, 3.63) is 24.0 Å². The number of carbonyl (C=O) groups is 1. The van der Waals surface area contributed by atoms with E-state index < -0.39 is 11.7 Å². The molecule has 2 fully saturated rings. The van der Waals surface area contributed by atoms with Gasteiger partial charge in [0.15, 0.2) is 0 Å². The molecule has 3 rings (SSSR count). The number of nitrogens with zero attached hydrogens (tertiary/aromatic N) is 1. The number of esters is 1. The second-order valence-corrected chi connectivity index (χ2v) is 6.19. The van der Waals surface area contributed by atoms with E-state index >= 15 is 0 Å². The van der Waals surface area contributed by atoms with Crippen LogP contribution < -0.4 is 5.73 Å². The van der Waals surface area contributed by atoms with Crippen LogP contribution in [-0.4, -0.2) is 33.9 Å². The smallest absolute Gasteiger partial charge is 0.303 e. The van der Waals surface area contributed by atoms with Crippen LogP contribution in [0.4, 0.5) is 5.69 Å². The predicted molar refractivity (Wildman–Crippen MR) is 79.9 cm³/mol. The van der Waals surface area contributed by atoms with Crippen LogP contribution in [0.2, 0.25) is 0 Å². The summed E-state index contributed by atoms with van der Waals surface area (Å²) in [5.41, 5.74) is 6.28. The fourth-order valence-corrected chi connectivity index (χ4v) is 3.62. The van der Waals surface area contributed by atoms with Crippen molar-refractivity contribution in [2.75, 3.05) is 5.73 Å². The van der Waals surface area contributed by atoms with Crippen LogP contribution in [-0.2, 0) is 14.3 Å². The van der Waals surface area contributed by atoms with E-state index in [2.05, 4.69) is 4.98 Å². The van der Waals surface area contributed by atoms with E-state index in [1.54, 1.807) is 12.4 Å². The minimum absolute atomic E-state index is 0.296. The van der Waals surface area contributed by atoms with Gasteiger partial charge in [0, 0.05) is 25.1 Å². The lowest BCUT2D eigenvalue weighted by Crippen LogP contribution is -2.60. The maximum atomic E-state index is 11.4. The third-order valence-electron chi connectivity index (χ3n) is 4.71. The van der Waals surface area contributed by atoms with E-state index in [9.17, 15) is 9.90 Å². The highest BCUT2D eigenvalue weighted by Crippen LogP contribution is 2.46. The van der Waals surface area contributed by atoms with Crippen molar-refractivity contribution in [2.45, 2.75) is 62.9 Å². The summed E-state index contributed by atoms with van der Waals surface area (Å²) in [4.78, 5) is 15.4. The van der Waals surface area contributed by atoms with E-state index in [4.69, 9.17) is 15.2 Å². The van der Waals surface area contributed by atoms with Gasteiger partial charge in [0.2, 0.25) is 0 Å². The maximum Gasteiger partial charge on any atom is 0.303 e. The van der Waals surface area contributed by atoms with Crippen molar-refractivity contribution in [1.29, 1.82) is 0 Å². The minimum atomic E-state index is -1.10. The zero-order chi connectivity index (χ0) is 15.7. The van der Waals surface area contributed by atoms with Crippen molar-refractivity contribution < 1.29 is 19.4 Å². The van der Waals surface area contributed by atoms with Gasteiger partial charge in [0.25, 0.3) is 0 Å². The van der Waals surface area contributed by atoms with Gasteiger partial charge in [-0.3, -0.25) is 9.78 Å². The quantitative estimate of drug-likeness (QED) is 0.808. The van der Waals surface area contributed by atoms with Crippen molar-refractivity contribution >= 4 is 11.7 Å². The van der Waals surface area contributed by atoms with E-state index in [1.807, 2.05) is 6.07 Å². The topological polar surface area (TPSA) is 94.7 Å². The summed E-state index contributed by atoms with van der Waals surface area (Å²) in [6.07, 6.45) is 5.71. The molecule has 0 spiro atoms. The monoisotopic (exact) mass is 306 g/mol. The highest BCUT2D eigenvalue weighted by molar-refractivity contribution is 5.66. The van der Waals surface area contributed by atoms with Gasteiger partial charge in [-0.2, -0.15) is 0 Å². The average molecular weight is 306 g/mol. The van der Waals surface area contributed by atoms with Gasteiger partial charge in [-0.25, -0.2) is 0 Å². The normalized spacial score (nSPS) is 34.7. The molecule has 1 aliphatic carbocycles. The highest BCUT2D eigenvalue weighted by atomic mass is 16.6. The Morgan fingerprint density at radius 3 is 3.09 bits per heavy atom. The lowest BCUT2D eigenvalue weighted by Gasteiger charge is -2.50. The van der Waals surface area contributed by atoms with Crippen LogP contribution >= 0.6 is 0 Å². The zero-order valence-corrected chi connectivity index (χ0v) is 12.7. The van der Waals surface area contributed by atoms with E-state index in [0.29, 0.717) is 18.5 Å². The molecular weight excluding hydrogens is 284 g/mol. The first-order valence-electron chi connectivity index (χ1n) is 7.75. The molecule has 1 saturated heterocycles. The van der Waals surface area contributed by atoms with Gasteiger partial charge in [-0.05, 0) is 18.9 Å². The molecule has 6 nitrogen and oxygen atoms in total. The van der Waals surface area contributed by atoms with Crippen molar-refractivity contribution in [3.8, 4) is 0 Å². The number of anilines is 1. The van der Waals surface area contributed by atoms with Gasteiger partial charge < -0.3 is 20.3 Å². The Balaban J connectivity index is 1.90. The van der Waals surface area contributed by atoms with Crippen molar-refractivity contribution in [3.63, 3.8) is 0 Å². The number of ether oxygens (including phenoxy) is 2. The van der Waals surface area contributed by atoms with Crippen molar-refractivity contribution in [2.24, 2.45) is 0 Å². The van der Waals surface area contributed by atoms with Crippen LogP contribution in [0.15, 0.2) is 18.5 Å². The Morgan fingerprint density at radius 1 is 1.55 bits per heavy atom. The number of hydrogen-bond acceptors (Lipinski definition) is 6. The first-order valence-corrected chi connectivity index (χ1v) is 7.75. The lowest BCUT2D eigenvalue weighted by molar-refractivity contribution is -0.249. The van der Waals surface area contributed by atoms with Crippen LogP contribution in [0.25, 0.3) is 0 Å². The molecule has 0 amide bonds. The standard InChI is InChI=1S/C16H22N2O4/c1-10(19)21-15-8-13(11-5-7-18-9-12(11)17)22-14-4-2-3-6-16(14,15)20/h5,7,9,13-15,20H,2-4,6,8,17H2,1H3/t13-,14-,15-,16-/m0/s1. The summed E-state index contributed by atoms with van der Waals surface area (Å²) >= 11 is 0. The molecular formula is C16H22N2O4. The zero-order valence-electron chi connectivity index (χ0n) is 12.7. The Hall–Kier alpha value is -1.66. The summed E-state index contributed by atoms with van der Waals surface area (Å²) in [5.74, 6) is -0.383. The summed E-state index contributed by atoms with van der Waals surface area (Å²) in [5, 5.41) is 11.0. The molecule has 4 atom stereocenters. The molecule has 0 aromatic carbocycles. The number of nitrogens with two attached hydrogens (primary N) is 1. The maximum absolute atomic E-state index is 11.4. The first-order chi connectivity index (χ1) is 10.5. The third-order valence-corrected chi connectivity index (χ3v) is 4.71. The van der Waals surface area contributed by atoms with E-state index in [-0.39, 0.29) is 18.2 Å². The minimum Gasteiger partial charge on any atom is -0.459 e. The Bertz CT molecular complexity index is 565. The van der Waals surface area contributed by atoms with Crippen LogP contribution in [0.5, 0.6) is 0 Å². The van der Waals surface area contributed by atoms with Crippen molar-refractivity contribution in [1.82, 2.24) is 4.98 Å². The largest absolute Gasteiger partial charge is 0.459 e. The Labute approximate surface area is 129 Å². The predicted octanol–water partition coefficient (Wildman–Crippen LogP) is 1.73. The number of aliphatic hydroxyl groups is 1. The first kappa shape index (κ1) is 15.2. The van der Waals surface area contributed by atoms with E-state index in [1.165, 1.54) is 6.92 Å². The van der Waals surface area contributed by atoms with Gasteiger partial charge in [0.05, 0.1) is 24.1 Å². The molecule has 22 heavy (non-hydrogen) atoms. The summed E-state index contributed by atoms with van der Waals surface area (Å²) in [7, 11) is 0. The molecule has 120 valence electrons. The molecule has 0 unspecified atom stereocenters. The second-order valence-electron chi connectivity index (χ2n) is 6.19. The summed E-state index contributed by atoms with van der Waals surface area (Å²) < 4.78 is 11.6. The highest BCUT2D eigenvalue weighted by Gasteiger charge is 2.53. The Morgan fingerprint density at radius 2 is 2.36 bits per heavy atom. The summed E-state index contributed by atoms with van der Waals surface area (Å²) in [6.45, 7) is 1.37. The van der Waals surface area contributed by atoms with Crippen LogP contribution in [0.1, 0.15) is 50.7 Å². The Kier molecular flexibility index (Phi) is 4.06. The van der Waals surface area contributed by atoms with Crippen LogP contribution in [0, 0.1) is 0 Å². The molecule has 1 saturated carbocycles. The van der Waals surface area contributed by atoms with Gasteiger partial charge in [0.1, 0.15) is 11.7 Å². The summed E-state index contributed by atoms with van der Waals surface area (Å²) in [6, 6.07) is 1.82. The van der Waals surface area contributed by atoms with Crippen LogP contribution in [0.3, 0.4) is 0 Å².